The summed E-state index contributed by atoms with van der Waals surface area (Å²) in [5, 5.41) is 0. The minimum Gasteiger partial charge on any atom is -0.496 e. The summed E-state index contributed by atoms with van der Waals surface area (Å²) < 4.78 is 10.6. The van der Waals surface area contributed by atoms with Gasteiger partial charge in [-0.3, -0.25) is 0 Å². The Hall–Kier alpha value is -2.55. The van der Waals surface area contributed by atoms with E-state index >= 15 is 0 Å². The first-order valence-corrected chi connectivity index (χ1v) is 7.94. The highest BCUT2D eigenvalue weighted by Crippen LogP contribution is 2.28. The number of aryl methyl sites for hydroxylation is 2. The van der Waals surface area contributed by atoms with Gasteiger partial charge < -0.3 is 9.15 Å². The molecule has 1 aromatic heterocycles. The first kappa shape index (κ1) is 17.8. The van der Waals surface area contributed by atoms with Gasteiger partial charge in [-0.2, -0.15) is 0 Å². The summed E-state index contributed by atoms with van der Waals surface area (Å²) in [7, 11) is 1.69. The molecule has 24 heavy (non-hydrogen) atoms. The monoisotopic (exact) mass is 324 g/mol. The van der Waals surface area contributed by atoms with E-state index < -0.39 is 0 Å². The summed E-state index contributed by atoms with van der Waals surface area (Å²) in [6.07, 6.45) is 5.99. The number of allylic oxidation sites excluding steroid dienone is 2. The van der Waals surface area contributed by atoms with Crippen molar-refractivity contribution in [3.63, 3.8) is 0 Å². The highest BCUT2D eigenvalue weighted by molar-refractivity contribution is 5.66. The molecule has 0 aliphatic rings. The van der Waals surface area contributed by atoms with Crippen molar-refractivity contribution in [1.82, 2.24) is 0 Å². The lowest BCUT2D eigenvalue weighted by molar-refractivity contribution is 0.411. The molecule has 126 valence electrons. The van der Waals surface area contributed by atoms with Gasteiger partial charge in [0.1, 0.15) is 11.5 Å². The fourth-order valence-electron chi connectivity index (χ4n) is 2.72. The standard InChI is InChI=1S/C21H24O3/c1-13(9-18-10-14(2)11-21(22)24-18)7-8-19-15(3)12-20(23-6)17(5)16(19)4/h7-12H,1-6H3/b8-7-,13-9-. The van der Waals surface area contributed by atoms with E-state index in [9.17, 15) is 4.79 Å². The maximum atomic E-state index is 11.4. The van der Waals surface area contributed by atoms with Gasteiger partial charge in [0.15, 0.2) is 0 Å². The van der Waals surface area contributed by atoms with Crippen LogP contribution >= 0.6 is 0 Å². The summed E-state index contributed by atoms with van der Waals surface area (Å²) in [5.41, 5.74) is 6.29. The maximum Gasteiger partial charge on any atom is 0.336 e. The summed E-state index contributed by atoms with van der Waals surface area (Å²) in [4.78, 5) is 11.4. The van der Waals surface area contributed by atoms with Crippen molar-refractivity contribution in [3.8, 4) is 5.75 Å². The van der Waals surface area contributed by atoms with Gasteiger partial charge in [0, 0.05) is 6.07 Å². The smallest absolute Gasteiger partial charge is 0.336 e. The Morgan fingerprint density at radius 3 is 2.42 bits per heavy atom. The van der Waals surface area contributed by atoms with Gasteiger partial charge >= 0.3 is 5.63 Å². The molecule has 1 heterocycles. The van der Waals surface area contributed by atoms with Crippen molar-refractivity contribution in [2.45, 2.75) is 34.6 Å². The molecule has 2 rings (SSSR count). The second-order valence-corrected chi connectivity index (χ2v) is 6.14. The van der Waals surface area contributed by atoms with E-state index in [4.69, 9.17) is 9.15 Å². The third kappa shape index (κ3) is 4.05. The van der Waals surface area contributed by atoms with E-state index in [1.807, 2.05) is 32.1 Å². The first-order valence-electron chi connectivity index (χ1n) is 7.94. The predicted molar refractivity (Wildman–Crippen MR) is 99.6 cm³/mol. The molecular formula is C21H24O3. The Balaban J connectivity index is 2.35. The summed E-state index contributed by atoms with van der Waals surface area (Å²) in [6.45, 7) is 10.1. The second-order valence-electron chi connectivity index (χ2n) is 6.14. The minimum atomic E-state index is -0.324. The van der Waals surface area contributed by atoms with Gasteiger partial charge in [0.2, 0.25) is 0 Å². The topological polar surface area (TPSA) is 39.4 Å². The lowest BCUT2D eigenvalue weighted by Crippen LogP contribution is -1.98. The van der Waals surface area contributed by atoms with Crippen LogP contribution in [0, 0.1) is 27.7 Å². The molecule has 0 fully saturated rings. The number of methoxy groups -OCH3 is 1. The van der Waals surface area contributed by atoms with Gasteiger partial charge in [-0.25, -0.2) is 4.79 Å². The quantitative estimate of drug-likeness (QED) is 0.743. The SMILES string of the molecule is COc1cc(C)c(/C=C\C(C)=C/c2cc(C)cc(=O)o2)c(C)c1C. The maximum absolute atomic E-state index is 11.4. The molecule has 0 unspecified atom stereocenters. The molecule has 0 amide bonds. The molecular weight excluding hydrogens is 300 g/mol. The largest absolute Gasteiger partial charge is 0.496 e. The Bertz CT molecular complexity index is 867. The number of hydrogen-bond acceptors (Lipinski definition) is 3. The molecule has 0 atom stereocenters. The van der Waals surface area contributed by atoms with Crippen LogP contribution in [0.25, 0.3) is 12.2 Å². The van der Waals surface area contributed by atoms with Gasteiger partial charge in [0.05, 0.1) is 7.11 Å². The highest BCUT2D eigenvalue weighted by Gasteiger charge is 2.08. The zero-order valence-electron chi connectivity index (χ0n) is 15.2. The Kier molecular flexibility index (Phi) is 5.45. The zero-order valence-corrected chi connectivity index (χ0v) is 15.2. The number of rotatable bonds is 4. The van der Waals surface area contributed by atoms with Crippen molar-refractivity contribution in [3.05, 3.63) is 73.8 Å². The van der Waals surface area contributed by atoms with Crippen molar-refractivity contribution in [2.75, 3.05) is 7.11 Å². The van der Waals surface area contributed by atoms with Gasteiger partial charge in [0.25, 0.3) is 0 Å². The van der Waals surface area contributed by atoms with Gasteiger partial charge in [-0.05, 0) is 86.2 Å². The molecule has 0 spiro atoms. The molecule has 2 aromatic rings. The molecule has 3 heteroatoms. The van der Waals surface area contributed by atoms with Crippen LogP contribution in [0.2, 0.25) is 0 Å². The van der Waals surface area contributed by atoms with Crippen LogP contribution in [0.15, 0.2) is 39.1 Å². The summed E-state index contributed by atoms with van der Waals surface area (Å²) in [6, 6.07) is 5.39. The molecule has 0 saturated carbocycles. The van der Waals surface area contributed by atoms with E-state index in [1.165, 1.54) is 22.8 Å². The first-order chi connectivity index (χ1) is 11.3. The number of ether oxygens (including phenoxy) is 1. The molecule has 0 radical (unpaired) electrons. The van der Waals surface area contributed by atoms with Crippen LogP contribution in [0.4, 0.5) is 0 Å². The molecule has 0 bridgehead atoms. The van der Waals surface area contributed by atoms with Crippen molar-refractivity contribution >= 4 is 12.2 Å². The Morgan fingerprint density at radius 1 is 1.08 bits per heavy atom. The number of benzene rings is 1. The molecule has 0 N–H and O–H groups in total. The Labute approximate surface area is 143 Å². The zero-order chi connectivity index (χ0) is 17.9. The van der Waals surface area contributed by atoms with E-state index in [0.29, 0.717) is 5.76 Å². The predicted octanol–water partition coefficient (Wildman–Crippen LogP) is 5.00. The minimum absolute atomic E-state index is 0.324. The summed E-state index contributed by atoms with van der Waals surface area (Å²) in [5.74, 6) is 1.48. The van der Waals surface area contributed by atoms with Crippen molar-refractivity contribution in [1.29, 1.82) is 0 Å². The fraction of sp³-hybridized carbons (Fsp3) is 0.286. The van der Waals surface area contributed by atoms with E-state index in [-0.39, 0.29) is 5.63 Å². The second kappa shape index (κ2) is 7.35. The fourth-order valence-corrected chi connectivity index (χ4v) is 2.72. The molecule has 0 saturated heterocycles. The average molecular weight is 324 g/mol. The molecule has 0 aliphatic carbocycles. The van der Waals surface area contributed by atoms with Crippen LogP contribution < -0.4 is 10.4 Å². The normalized spacial score (nSPS) is 12.0. The lowest BCUT2D eigenvalue weighted by Gasteiger charge is -2.13. The van der Waals surface area contributed by atoms with Crippen molar-refractivity contribution < 1.29 is 9.15 Å². The van der Waals surface area contributed by atoms with Crippen molar-refractivity contribution in [2.24, 2.45) is 0 Å². The van der Waals surface area contributed by atoms with Crippen LogP contribution in [-0.2, 0) is 0 Å². The van der Waals surface area contributed by atoms with Crippen LogP contribution in [-0.4, -0.2) is 7.11 Å². The summed E-state index contributed by atoms with van der Waals surface area (Å²) >= 11 is 0. The Morgan fingerprint density at radius 2 is 1.79 bits per heavy atom. The molecule has 3 nitrogen and oxygen atoms in total. The van der Waals surface area contributed by atoms with Gasteiger partial charge in [-0.15, -0.1) is 0 Å². The highest BCUT2D eigenvalue weighted by atomic mass is 16.5. The molecule has 1 aromatic carbocycles. The van der Waals surface area contributed by atoms with Crippen LogP contribution in [0.5, 0.6) is 5.75 Å². The third-order valence-electron chi connectivity index (χ3n) is 4.15. The van der Waals surface area contributed by atoms with E-state index in [2.05, 4.69) is 32.9 Å². The van der Waals surface area contributed by atoms with Gasteiger partial charge in [-0.1, -0.05) is 12.2 Å². The molecule has 0 aliphatic heterocycles. The van der Waals surface area contributed by atoms with Crippen LogP contribution in [0.3, 0.4) is 0 Å². The average Bonchev–Trinajstić information content (AvgIpc) is 2.49. The van der Waals surface area contributed by atoms with Crippen LogP contribution in [0.1, 0.15) is 40.5 Å². The van der Waals surface area contributed by atoms with E-state index in [1.54, 1.807) is 7.11 Å². The third-order valence-corrected chi connectivity index (χ3v) is 4.15. The lowest BCUT2D eigenvalue weighted by atomic mass is 9.96. The van der Waals surface area contributed by atoms with E-state index in [0.717, 1.165) is 22.4 Å². The number of hydrogen-bond donors (Lipinski definition) is 0.